The van der Waals surface area contributed by atoms with E-state index in [0.29, 0.717) is 5.56 Å². The molecule has 216 valence electrons. The second-order valence-electron chi connectivity index (χ2n) is 10.0. The third-order valence-corrected chi connectivity index (χ3v) is 7.07. The molecule has 2 atom stereocenters. The molecule has 0 spiro atoms. The number of hydrogen-bond donors (Lipinski definition) is 2. The fraction of sp³-hybridized carbons (Fsp3) is 0.370. The van der Waals surface area contributed by atoms with Crippen molar-refractivity contribution in [3.8, 4) is 0 Å². The number of rotatable bonds is 6. The number of carbonyl (C=O) groups excluding carboxylic acids is 3. The molecule has 3 heterocycles. The minimum Gasteiger partial charge on any atom is -0.444 e. The van der Waals surface area contributed by atoms with E-state index in [4.69, 9.17) is 4.74 Å². The Kier molecular flexibility index (Phi) is 7.56. The summed E-state index contributed by atoms with van der Waals surface area (Å²) in [5.74, 6) is -0.568. The SMILES string of the molecule is Cc1cc(COC(=O)N2CCC(=O)N3[C@@H]2CN(Cc2ccccc2)C(=O)[C@@H]3Cc2n[nH]c(=O)[nH]2)cc(C(F)(F)F)c1. The third-order valence-electron chi connectivity index (χ3n) is 7.07. The van der Waals surface area contributed by atoms with Crippen LogP contribution in [0.4, 0.5) is 18.0 Å². The Bertz CT molecular complexity index is 1500. The third kappa shape index (κ3) is 6.10. The zero-order valence-corrected chi connectivity index (χ0v) is 22.0. The van der Waals surface area contributed by atoms with Crippen molar-refractivity contribution in [3.05, 3.63) is 87.1 Å². The summed E-state index contributed by atoms with van der Waals surface area (Å²) in [6.07, 6.45) is -6.47. The predicted molar refractivity (Wildman–Crippen MR) is 137 cm³/mol. The second-order valence-corrected chi connectivity index (χ2v) is 10.0. The van der Waals surface area contributed by atoms with Gasteiger partial charge in [0.15, 0.2) is 0 Å². The Morgan fingerprint density at radius 1 is 1.10 bits per heavy atom. The highest BCUT2D eigenvalue weighted by atomic mass is 19.4. The first-order chi connectivity index (χ1) is 19.5. The number of alkyl halides is 3. The summed E-state index contributed by atoms with van der Waals surface area (Å²) >= 11 is 0. The number of ether oxygens (including phenoxy) is 1. The van der Waals surface area contributed by atoms with Crippen molar-refractivity contribution in [1.29, 1.82) is 0 Å². The molecular weight excluding hydrogens is 545 g/mol. The zero-order chi connectivity index (χ0) is 29.3. The maximum atomic E-state index is 13.6. The summed E-state index contributed by atoms with van der Waals surface area (Å²) in [7, 11) is 0. The van der Waals surface area contributed by atoms with Gasteiger partial charge in [0, 0.05) is 25.9 Å². The predicted octanol–water partition coefficient (Wildman–Crippen LogP) is 2.58. The molecule has 1 aromatic heterocycles. The Balaban J connectivity index is 1.40. The molecule has 0 unspecified atom stereocenters. The number of aryl methyl sites for hydroxylation is 1. The van der Waals surface area contributed by atoms with Gasteiger partial charge in [-0.1, -0.05) is 42.0 Å². The minimum absolute atomic E-state index is 0.000221. The molecule has 14 heteroatoms. The summed E-state index contributed by atoms with van der Waals surface area (Å²) in [6, 6.07) is 11.5. The number of nitrogens with zero attached hydrogens (tertiary/aromatic N) is 4. The van der Waals surface area contributed by atoms with Gasteiger partial charge in [0.25, 0.3) is 0 Å². The van der Waals surface area contributed by atoms with Gasteiger partial charge in [-0.05, 0) is 30.2 Å². The van der Waals surface area contributed by atoms with E-state index in [2.05, 4.69) is 15.2 Å². The molecule has 3 amide bonds. The van der Waals surface area contributed by atoms with Crippen LogP contribution in [0, 0.1) is 6.92 Å². The lowest BCUT2D eigenvalue weighted by atomic mass is 10.0. The van der Waals surface area contributed by atoms with Gasteiger partial charge in [-0.3, -0.25) is 19.5 Å². The van der Waals surface area contributed by atoms with Crippen LogP contribution in [0.5, 0.6) is 0 Å². The molecule has 2 N–H and O–H groups in total. The molecule has 2 fully saturated rings. The van der Waals surface area contributed by atoms with Gasteiger partial charge in [0.1, 0.15) is 24.6 Å². The van der Waals surface area contributed by atoms with E-state index in [0.717, 1.165) is 17.7 Å². The first kappa shape index (κ1) is 27.9. The molecule has 2 aliphatic heterocycles. The number of nitrogens with one attached hydrogen (secondary N) is 2. The van der Waals surface area contributed by atoms with Gasteiger partial charge in [-0.15, -0.1) is 0 Å². The Hall–Kier alpha value is -4.62. The maximum absolute atomic E-state index is 13.6. The van der Waals surface area contributed by atoms with Gasteiger partial charge in [0.2, 0.25) is 11.8 Å². The van der Waals surface area contributed by atoms with Crippen LogP contribution in [0.25, 0.3) is 0 Å². The molecule has 3 aromatic rings. The first-order valence-corrected chi connectivity index (χ1v) is 12.9. The van der Waals surface area contributed by atoms with E-state index in [1.165, 1.54) is 27.7 Å². The molecule has 2 aromatic carbocycles. The maximum Gasteiger partial charge on any atom is 0.416 e. The number of halogens is 3. The summed E-state index contributed by atoms with van der Waals surface area (Å²) in [6.45, 7) is 1.30. The second kappa shape index (κ2) is 11.1. The average Bonchev–Trinajstić information content (AvgIpc) is 3.34. The fourth-order valence-corrected chi connectivity index (χ4v) is 5.26. The van der Waals surface area contributed by atoms with E-state index >= 15 is 0 Å². The van der Waals surface area contributed by atoms with E-state index in [9.17, 15) is 32.3 Å². The molecule has 5 rings (SSSR count). The highest BCUT2D eigenvalue weighted by Crippen LogP contribution is 2.31. The number of carbonyl (C=O) groups is 3. The highest BCUT2D eigenvalue weighted by Gasteiger charge is 2.49. The van der Waals surface area contributed by atoms with Crippen molar-refractivity contribution in [2.75, 3.05) is 13.1 Å². The van der Waals surface area contributed by atoms with Crippen LogP contribution in [0.15, 0.2) is 53.3 Å². The van der Waals surface area contributed by atoms with Crippen LogP contribution in [0.3, 0.4) is 0 Å². The monoisotopic (exact) mass is 572 g/mol. The molecule has 41 heavy (non-hydrogen) atoms. The van der Waals surface area contributed by atoms with Crippen molar-refractivity contribution in [3.63, 3.8) is 0 Å². The summed E-state index contributed by atoms with van der Waals surface area (Å²) in [5, 5.41) is 6.12. The number of fused-ring (bicyclic) bond motifs is 1. The summed E-state index contributed by atoms with van der Waals surface area (Å²) in [4.78, 5) is 58.3. The number of aromatic nitrogens is 3. The van der Waals surface area contributed by atoms with Crippen molar-refractivity contribution < 1.29 is 32.3 Å². The van der Waals surface area contributed by atoms with Crippen molar-refractivity contribution >= 4 is 17.9 Å². The van der Waals surface area contributed by atoms with Gasteiger partial charge in [-0.25, -0.2) is 14.7 Å². The number of hydrogen-bond acceptors (Lipinski definition) is 6. The van der Waals surface area contributed by atoms with Crippen LogP contribution in [0.2, 0.25) is 0 Å². The van der Waals surface area contributed by atoms with Gasteiger partial charge >= 0.3 is 18.0 Å². The largest absolute Gasteiger partial charge is 0.444 e. The topological polar surface area (TPSA) is 132 Å². The number of piperazine rings is 1. The lowest BCUT2D eigenvalue weighted by Crippen LogP contribution is -2.71. The van der Waals surface area contributed by atoms with Gasteiger partial charge in [0.05, 0.1) is 12.1 Å². The molecular formula is C27H27F3N6O5. The number of amides is 3. The normalized spacial score (nSPS) is 19.4. The number of benzene rings is 2. The molecule has 2 saturated heterocycles. The summed E-state index contributed by atoms with van der Waals surface area (Å²) < 4.78 is 45.2. The van der Waals surface area contributed by atoms with E-state index in [1.807, 2.05) is 30.3 Å². The lowest BCUT2D eigenvalue weighted by Gasteiger charge is -2.51. The number of H-pyrrole nitrogens is 2. The van der Waals surface area contributed by atoms with Crippen LogP contribution in [-0.2, 0) is 40.1 Å². The molecule has 0 bridgehead atoms. The van der Waals surface area contributed by atoms with Gasteiger partial charge < -0.3 is 14.5 Å². The van der Waals surface area contributed by atoms with E-state index < -0.39 is 42.3 Å². The first-order valence-electron chi connectivity index (χ1n) is 12.9. The quantitative estimate of drug-likeness (QED) is 0.467. The minimum atomic E-state index is -4.55. The van der Waals surface area contributed by atoms with Crippen molar-refractivity contribution in [2.45, 2.75) is 51.3 Å². The molecule has 0 aliphatic carbocycles. The van der Waals surface area contributed by atoms with Crippen molar-refractivity contribution in [2.24, 2.45) is 0 Å². The molecule has 0 saturated carbocycles. The van der Waals surface area contributed by atoms with Gasteiger partial charge in [-0.2, -0.15) is 18.3 Å². The Labute approximate surface area is 231 Å². The Morgan fingerprint density at radius 3 is 2.54 bits per heavy atom. The van der Waals surface area contributed by atoms with Crippen molar-refractivity contribution in [1.82, 2.24) is 29.9 Å². The number of aromatic amines is 2. The smallest absolute Gasteiger partial charge is 0.416 e. The van der Waals surface area contributed by atoms with Crippen LogP contribution in [-0.4, -0.2) is 73.1 Å². The molecule has 11 nitrogen and oxygen atoms in total. The summed E-state index contributed by atoms with van der Waals surface area (Å²) in [5.41, 5.74) is -0.0547. The lowest BCUT2D eigenvalue weighted by molar-refractivity contribution is -0.168. The van der Waals surface area contributed by atoms with Crippen LogP contribution >= 0.6 is 0 Å². The highest BCUT2D eigenvalue weighted by molar-refractivity contribution is 5.90. The molecule has 2 aliphatic rings. The fourth-order valence-electron chi connectivity index (χ4n) is 5.26. The molecule has 0 radical (unpaired) electrons. The van der Waals surface area contributed by atoms with Crippen LogP contribution in [0.1, 0.15) is 34.5 Å². The average molecular weight is 573 g/mol. The van der Waals surface area contributed by atoms with Crippen LogP contribution < -0.4 is 5.69 Å². The standard InChI is InChI=1S/C27H27F3N6O5/c1-16-9-18(11-19(10-16)27(28,29)30)15-41-26(40)35-8-7-23(37)36-20(12-21-31-25(39)33-32-21)24(38)34(14-22(35)36)13-17-5-3-2-4-6-17/h2-6,9-11,20,22H,7-8,12-15H2,1H3,(H2,31,32,33,39)/t20-,22+/m0/s1. The van der Waals surface area contributed by atoms with E-state index in [-0.39, 0.29) is 55.7 Å². The Morgan fingerprint density at radius 2 is 1.85 bits per heavy atom. The zero-order valence-electron chi connectivity index (χ0n) is 22.0. The van der Waals surface area contributed by atoms with E-state index in [1.54, 1.807) is 0 Å².